The Labute approximate surface area is 140 Å². The van der Waals surface area contributed by atoms with E-state index in [0.29, 0.717) is 16.8 Å². The van der Waals surface area contributed by atoms with Crippen molar-refractivity contribution in [1.29, 1.82) is 0 Å². The Hall–Kier alpha value is -1.86. The van der Waals surface area contributed by atoms with Crippen LogP contribution in [0.15, 0.2) is 84.9 Å². The van der Waals surface area contributed by atoms with Crippen LogP contribution in [0.1, 0.15) is 0 Å². The second-order valence-electron chi connectivity index (χ2n) is 4.45. The van der Waals surface area contributed by atoms with E-state index >= 15 is 0 Å². The molecule has 0 fully saturated rings. The van der Waals surface area contributed by atoms with Crippen LogP contribution in [0.4, 0.5) is 0 Å². The van der Waals surface area contributed by atoms with Crippen molar-refractivity contribution < 1.29 is 30.7 Å². The van der Waals surface area contributed by atoms with Crippen LogP contribution >= 0.6 is 7.60 Å². The van der Waals surface area contributed by atoms with Crippen LogP contribution in [0.2, 0.25) is 0 Å². The van der Waals surface area contributed by atoms with Crippen LogP contribution in [0.5, 0.6) is 11.5 Å². The molecular formula is C17H14FeO3P-. The smallest absolute Gasteiger partial charge is 0.414 e. The van der Waals surface area contributed by atoms with Gasteiger partial charge in [0.1, 0.15) is 11.5 Å². The molecule has 0 aliphatic heterocycles. The molecular weight excluding hydrogens is 339 g/mol. The molecule has 0 radical (unpaired) electrons. The molecule has 0 heterocycles. The van der Waals surface area contributed by atoms with Crippen LogP contribution in [-0.4, -0.2) is 0 Å². The monoisotopic (exact) mass is 353 g/mol. The molecule has 5 heteroatoms. The predicted octanol–water partition coefficient (Wildman–Crippen LogP) is 4.38. The minimum atomic E-state index is -3.47. The SMILES string of the molecule is O=P(Oc1ccccc1)(Oc1ccccc1)c1ccc[cH-]1.[Fe]. The van der Waals surface area contributed by atoms with Crippen molar-refractivity contribution in [2.45, 2.75) is 0 Å². The van der Waals surface area contributed by atoms with Crippen molar-refractivity contribution in [2.24, 2.45) is 0 Å². The van der Waals surface area contributed by atoms with Gasteiger partial charge in [-0.1, -0.05) is 36.4 Å². The molecule has 3 nitrogen and oxygen atoms in total. The summed E-state index contributed by atoms with van der Waals surface area (Å²) in [5.41, 5.74) is 0. The average Bonchev–Trinajstić information content (AvgIpc) is 3.04. The number of hydrogen-bond acceptors (Lipinski definition) is 3. The van der Waals surface area contributed by atoms with E-state index in [-0.39, 0.29) is 17.1 Å². The zero-order valence-electron chi connectivity index (χ0n) is 11.6. The Morgan fingerprint density at radius 3 is 1.64 bits per heavy atom. The summed E-state index contributed by atoms with van der Waals surface area (Å²) >= 11 is 0. The molecule has 0 bridgehead atoms. The number of para-hydroxylation sites is 2. The van der Waals surface area contributed by atoms with Crippen molar-refractivity contribution in [3.63, 3.8) is 0 Å². The largest absolute Gasteiger partial charge is 0.437 e. The number of hydrogen-bond donors (Lipinski definition) is 0. The molecule has 3 rings (SSSR count). The molecule has 114 valence electrons. The van der Waals surface area contributed by atoms with Gasteiger partial charge in [-0.2, -0.15) is 18.2 Å². The van der Waals surface area contributed by atoms with Gasteiger partial charge in [0.05, 0.1) is 0 Å². The van der Waals surface area contributed by atoms with Gasteiger partial charge in [0.25, 0.3) is 0 Å². The van der Waals surface area contributed by atoms with E-state index in [1.165, 1.54) is 0 Å². The van der Waals surface area contributed by atoms with Crippen molar-refractivity contribution in [2.75, 3.05) is 0 Å². The Bertz CT molecular complexity index is 682. The summed E-state index contributed by atoms with van der Waals surface area (Å²) in [5.74, 6) is 1.02. The summed E-state index contributed by atoms with van der Waals surface area (Å²) in [6.45, 7) is 0. The van der Waals surface area contributed by atoms with E-state index in [0.717, 1.165) is 0 Å². The minimum Gasteiger partial charge on any atom is -0.414 e. The molecule has 0 aliphatic rings. The van der Waals surface area contributed by atoms with E-state index in [1.807, 2.05) is 48.5 Å². The summed E-state index contributed by atoms with van der Waals surface area (Å²) in [7, 11) is -3.47. The van der Waals surface area contributed by atoms with Crippen LogP contribution < -0.4 is 14.4 Å². The van der Waals surface area contributed by atoms with Gasteiger partial charge in [-0.25, -0.2) is 10.6 Å². The number of benzene rings is 2. The fourth-order valence-electron chi connectivity index (χ4n) is 1.91. The zero-order valence-corrected chi connectivity index (χ0v) is 13.6. The van der Waals surface area contributed by atoms with E-state index in [9.17, 15) is 4.57 Å². The first-order chi connectivity index (χ1) is 10.3. The van der Waals surface area contributed by atoms with Crippen LogP contribution in [0.25, 0.3) is 0 Å². The van der Waals surface area contributed by atoms with Crippen LogP contribution in [0.3, 0.4) is 0 Å². The van der Waals surface area contributed by atoms with Crippen molar-refractivity contribution in [1.82, 2.24) is 0 Å². The molecule has 0 saturated heterocycles. The molecule has 0 atom stereocenters. The van der Waals surface area contributed by atoms with Gasteiger partial charge in [-0.05, 0) is 29.6 Å². The molecule has 0 amide bonds. The molecule has 0 saturated carbocycles. The van der Waals surface area contributed by atoms with Gasteiger partial charge < -0.3 is 9.05 Å². The summed E-state index contributed by atoms with van der Waals surface area (Å²) < 4.78 is 24.5. The normalized spacial score (nSPS) is 10.5. The average molecular weight is 353 g/mol. The van der Waals surface area contributed by atoms with E-state index in [1.54, 1.807) is 36.4 Å². The van der Waals surface area contributed by atoms with Crippen molar-refractivity contribution in [3.8, 4) is 11.5 Å². The van der Waals surface area contributed by atoms with E-state index < -0.39 is 7.60 Å². The third-order valence-corrected chi connectivity index (χ3v) is 4.73. The van der Waals surface area contributed by atoms with Crippen molar-refractivity contribution >= 4 is 12.9 Å². The number of rotatable bonds is 5. The third-order valence-electron chi connectivity index (χ3n) is 2.90. The molecule has 22 heavy (non-hydrogen) atoms. The fraction of sp³-hybridized carbons (Fsp3) is 0. The van der Waals surface area contributed by atoms with Gasteiger partial charge in [-0.15, -0.1) is 0 Å². The molecule has 0 N–H and O–H groups in total. The predicted molar refractivity (Wildman–Crippen MR) is 83.4 cm³/mol. The Morgan fingerprint density at radius 2 is 1.23 bits per heavy atom. The molecule has 0 unspecified atom stereocenters. The third kappa shape index (κ3) is 3.86. The first kappa shape index (κ1) is 16.5. The van der Waals surface area contributed by atoms with Crippen LogP contribution in [-0.2, 0) is 21.6 Å². The summed E-state index contributed by atoms with van der Waals surface area (Å²) in [6, 6.07) is 25.2. The maximum absolute atomic E-state index is 13.2. The molecule has 0 aromatic heterocycles. The van der Waals surface area contributed by atoms with Gasteiger partial charge in [0.15, 0.2) is 0 Å². The van der Waals surface area contributed by atoms with E-state index in [4.69, 9.17) is 9.05 Å². The second kappa shape index (κ2) is 7.42. The minimum absolute atomic E-state index is 0. The molecule has 3 aromatic carbocycles. The Kier molecular flexibility index (Phi) is 5.57. The Balaban J connectivity index is 0.00000176. The molecule has 0 aliphatic carbocycles. The molecule has 3 aromatic rings. The van der Waals surface area contributed by atoms with Gasteiger partial charge in [0.2, 0.25) is 0 Å². The Morgan fingerprint density at radius 1 is 0.727 bits per heavy atom. The van der Waals surface area contributed by atoms with Gasteiger partial charge in [0, 0.05) is 17.1 Å². The molecule has 0 spiro atoms. The maximum atomic E-state index is 13.2. The first-order valence-electron chi connectivity index (χ1n) is 6.58. The summed E-state index contributed by atoms with van der Waals surface area (Å²) in [4.78, 5) is 0. The zero-order chi connectivity index (χ0) is 14.5. The second-order valence-corrected chi connectivity index (χ2v) is 6.33. The maximum Gasteiger partial charge on any atom is 0.437 e. The fourth-order valence-corrected chi connectivity index (χ4v) is 3.49. The van der Waals surface area contributed by atoms with Crippen molar-refractivity contribution in [3.05, 3.63) is 84.9 Å². The van der Waals surface area contributed by atoms with Crippen LogP contribution in [0, 0.1) is 0 Å². The summed E-state index contributed by atoms with van der Waals surface area (Å²) in [5, 5.41) is 0.537. The van der Waals surface area contributed by atoms with E-state index in [2.05, 4.69) is 0 Å². The van der Waals surface area contributed by atoms with Gasteiger partial charge in [-0.3, -0.25) is 0 Å². The summed E-state index contributed by atoms with van der Waals surface area (Å²) in [6.07, 6.45) is 0. The standard InChI is InChI=1S/C17H14O3P.Fe/c18-21(17-13-7-8-14-17,19-15-9-3-1-4-10-15)20-16-11-5-2-6-12-16;/h1-14H;/q-1;. The van der Waals surface area contributed by atoms with Gasteiger partial charge >= 0.3 is 7.60 Å². The topological polar surface area (TPSA) is 35.5 Å². The quantitative estimate of drug-likeness (QED) is 0.388. The first-order valence-corrected chi connectivity index (χ1v) is 8.12.